The lowest BCUT2D eigenvalue weighted by Gasteiger charge is -2.08. The Balaban J connectivity index is 2.04. The van der Waals surface area contributed by atoms with Crippen molar-refractivity contribution in [3.05, 3.63) is 45.5 Å². The van der Waals surface area contributed by atoms with E-state index in [-0.39, 0.29) is 11.6 Å². The van der Waals surface area contributed by atoms with E-state index in [1.54, 1.807) is 24.5 Å². The van der Waals surface area contributed by atoms with Gasteiger partial charge in [-0.1, -0.05) is 0 Å². The van der Waals surface area contributed by atoms with Gasteiger partial charge in [0.15, 0.2) is 10.4 Å². The van der Waals surface area contributed by atoms with Crippen LogP contribution in [0.2, 0.25) is 0 Å². The van der Waals surface area contributed by atoms with Crippen LogP contribution in [0.4, 0.5) is 5.82 Å². The minimum absolute atomic E-state index is 0.0405. The number of pyridine rings is 1. The lowest BCUT2D eigenvalue weighted by molar-refractivity contribution is 0.600. The van der Waals surface area contributed by atoms with E-state index >= 15 is 0 Å². The second-order valence-corrected chi connectivity index (χ2v) is 7.26. The molecule has 2 aromatic rings. The molecule has 2 heterocycles. The van der Waals surface area contributed by atoms with Gasteiger partial charge in [-0.3, -0.25) is 9.71 Å². The quantitative estimate of drug-likeness (QED) is 0.800. The number of nitrogens with one attached hydrogen (secondary N) is 1. The molecule has 0 fully saturated rings. The van der Waals surface area contributed by atoms with Crippen LogP contribution >= 0.6 is 31.9 Å². The predicted octanol–water partition coefficient (Wildman–Crippen LogP) is 2.38. The number of anilines is 1. The molecule has 1 N–H and O–H groups in total. The fourth-order valence-electron chi connectivity index (χ4n) is 1.42. The van der Waals surface area contributed by atoms with Gasteiger partial charge in [-0.2, -0.15) is 0 Å². The minimum atomic E-state index is -3.49. The molecule has 0 atom stereocenters. The Morgan fingerprint density at radius 2 is 1.90 bits per heavy atom. The summed E-state index contributed by atoms with van der Waals surface area (Å²) in [4.78, 5) is 11.9. The van der Waals surface area contributed by atoms with Gasteiger partial charge in [0, 0.05) is 12.4 Å². The maximum absolute atomic E-state index is 12.0. The number of aromatic nitrogens is 3. The molecule has 106 valence electrons. The molecule has 0 spiro atoms. The average molecular weight is 422 g/mol. The van der Waals surface area contributed by atoms with Crippen molar-refractivity contribution in [1.82, 2.24) is 15.0 Å². The lowest BCUT2D eigenvalue weighted by atomic mass is 10.2. The molecule has 0 aromatic carbocycles. The van der Waals surface area contributed by atoms with Gasteiger partial charge in [-0.25, -0.2) is 18.4 Å². The van der Waals surface area contributed by atoms with Crippen molar-refractivity contribution in [3.63, 3.8) is 0 Å². The zero-order chi connectivity index (χ0) is 14.6. The number of rotatable bonds is 5. The summed E-state index contributed by atoms with van der Waals surface area (Å²) in [6.07, 6.45) is 5.09. The van der Waals surface area contributed by atoms with Crippen molar-refractivity contribution in [2.45, 2.75) is 6.42 Å². The molecule has 2 aromatic heterocycles. The highest BCUT2D eigenvalue weighted by Gasteiger charge is 2.14. The Kier molecular flexibility index (Phi) is 5.06. The molecular formula is C11H10Br2N4O2S. The number of sulfonamides is 1. The maximum atomic E-state index is 12.0. The van der Waals surface area contributed by atoms with Crippen molar-refractivity contribution in [2.75, 3.05) is 10.5 Å². The van der Waals surface area contributed by atoms with E-state index in [4.69, 9.17) is 0 Å². The van der Waals surface area contributed by atoms with Gasteiger partial charge in [-0.05, 0) is 56.0 Å². The number of halogens is 2. The van der Waals surface area contributed by atoms with Crippen molar-refractivity contribution in [1.29, 1.82) is 0 Å². The topological polar surface area (TPSA) is 84.8 Å². The Bertz CT molecular complexity index is 695. The van der Waals surface area contributed by atoms with Crippen LogP contribution in [0.3, 0.4) is 0 Å². The fraction of sp³-hybridized carbons (Fsp3) is 0.182. The van der Waals surface area contributed by atoms with Gasteiger partial charge in [0.1, 0.15) is 4.60 Å². The van der Waals surface area contributed by atoms with E-state index in [0.29, 0.717) is 15.6 Å². The molecule has 0 radical (unpaired) electrons. The monoisotopic (exact) mass is 420 g/mol. The van der Waals surface area contributed by atoms with E-state index in [0.717, 1.165) is 5.56 Å². The number of hydrogen-bond acceptors (Lipinski definition) is 5. The Morgan fingerprint density at radius 3 is 2.55 bits per heavy atom. The first-order valence-electron chi connectivity index (χ1n) is 5.54. The van der Waals surface area contributed by atoms with Crippen molar-refractivity contribution in [3.8, 4) is 0 Å². The molecule has 0 saturated heterocycles. The molecule has 9 heteroatoms. The van der Waals surface area contributed by atoms with Crippen LogP contribution in [-0.4, -0.2) is 29.1 Å². The lowest BCUT2D eigenvalue weighted by Crippen LogP contribution is -2.19. The van der Waals surface area contributed by atoms with Crippen LogP contribution in [0.5, 0.6) is 0 Å². The Hall–Kier alpha value is -1.06. The van der Waals surface area contributed by atoms with Gasteiger partial charge in [0.05, 0.1) is 11.9 Å². The molecular weight excluding hydrogens is 412 g/mol. The van der Waals surface area contributed by atoms with Gasteiger partial charge >= 0.3 is 0 Å². The summed E-state index contributed by atoms with van der Waals surface area (Å²) < 4.78 is 27.2. The Morgan fingerprint density at radius 1 is 1.20 bits per heavy atom. The highest BCUT2D eigenvalue weighted by atomic mass is 79.9. The molecule has 0 amide bonds. The molecule has 0 aliphatic heterocycles. The van der Waals surface area contributed by atoms with Crippen molar-refractivity contribution >= 4 is 47.7 Å². The standard InChI is InChI=1S/C11H10Br2N4O2S/c12-9-7-15-11(10(13)16-9)17-20(18,19)6-3-8-1-4-14-5-2-8/h1-2,4-5,7H,3,6H2,(H,15,17). The highest BCUT2D eigenvalue weighted by molar-refractivity contribution is 9.11. The van der Waals surface area contributed by atoms with Crippen LogP contribution < -0.4 is 4.72 Å². The summed E-state index contributed by atoms with van der Waals surface area (Å²) in [5.41, 5.74) is 0.909. The normalized spacial score (nSPS) is 11.3. The van der Waals surface area contributed by atoms with Gasteiger partial charge < -0.3 is 0 Å². The second-order valence-electron chi connectivity index (χ2n) is 3.86. The third-order valence-electron chi connectivity index (χ3n) is 2.36. The first-order chi connectivity index (χ1) is 9.46. The molecule has 0 aliphatic rings. The van der Waals surface area contributed by atoms with Crippen LogP contribution in [-0.2, 0) is 16.4 Å². The predicted molar refractivity (Wildman–Crippen MR) is 82.8 cm³/mol. The van der Waals surface area contributed by atoms with Crippen LogP contribution in [0.25, 0.3) is 0 Å². The highest BCUT2D eigenvalue weighted by Crippen LogP contribution is 2.20. The Labute approximate surface area is 133 Å². The van der Waals surface area contributed by atoms with Crippen molar-refractivity contribution < 1.29 is 8.42 Å². The van der Waals surface area contributed by atoms with Gasteiger partial charge in [0.2, 0.25) is 10.0 Å². The van der Waals surface area contributed by atoms with E-state index < -0.39 is 10.0 Å². The van der Waals surface area contributed by atoms with Gasteiger partial charge in [-0.15, -0.1) is 0 Å². The average Bonchev–Trinajstić information content (AvgIpc) is 2.41. The summed E-state index contributed by atoms with van der Waals surface area (Å²) in [5, 5.41) is 0. The number of hydrogen-bond donors (Lipinski definition) is 1. The SMILES string of the molecule is O=S(=O)(CCc1ccncc1)Nc1ncc(Br)nc1Br. The molecule has 6 nitrogen and oxygen atoms in total. The first-order valence-corrected chi connectivity index (χ1v) is 8.77. The number of nitrogens with zero attached hydrogens (tertiary/aromatic N) is 3. The third kappa shape index (κ3) is 4.50. The zero-order valence-electron chi connectivity index (χ0n) is 10.1. The summed E-state index contributed by atoms with van der Waals surface area (Å²) in [5.74, 6) is 0.129. The number of aryl methyl sites for hydroxylation is 1. The first kappa shape index (κ1) is 15.3. The fourth-order valence-corrected chi connectivity index (χ4v) is 3.51. The smallest absolute Gasteiger partial charge is 0.234 e. The molecule has 2 rings (SSSR count). The minimum Gasteiger partial charge on any atom is -0.265 e. The maximum Gasteiger partial charge on any atom is 0.234 e. The van der Waals surface area contributed by atoms with Crippen LogP contribution in [0.1, 0.15) is 5.56 Å². The summed E-state index contributed by atoms with van der Waals surface area (Å²) in [7, 11) is -3.49. The van der Waals surface area contributed by atoms with E-state index in [9.17, 15) is 8.42 Å². The van der Waals surface area contributed by atoms with E-state index in [1.807, 2.05) is 0 Å². The molecule has 0 aliphatic carbocycles. The van der Waals surface area contributed by atoms with E-state index in [1.165, 1.54) is 6.20 Å². The molecule has 20 heavy (non-hydrogen) atoms. The molecule has 0 bridgehead atoms. The second kappa shape index (κ2) is 6.59. The summed E-state index contributed by atoms with van der Waals surface area (Å²) >= 11 is 6.31. The largest absolute Gasteiger partial charge is 0.265 e. The summed E-state index contributed by atoms with van der Waals surface area (Å²) in [6.45, 7) is 0. The van der Waals surface area contributed by atoms with Gasteiger partial charge in [0.25, 0.3) is 0 Å². The molecule has 0 unspecified atom stereocenters. The van der Waals surface area contributed by atoms with Crippen LogP contribution in [0.15, 0.2) is 39.9 Å². The zero-order valence-corrected chi connectivity index (χ0v) is 14.1. The molecule has 0 saturated carbocycles. The van der Waals surface area contributed by atoms with Crippen molar-refractivity contribution in [2.24, 2.45) is 0 Å². The van der Waals surface area contributed by atoms with Crippen LogP contribution in [0, 0.1) is 0 Å². The van der Waals surface area contributed by atoms with E-state index in [2.05, 4.69) is 51.5 Å². The third-order valence-corrected chi connectivity index (χ3v) is 4.54. The summed E-state index contributed by atoms with van der Waals surface area (Å²) in [6, 6.07) is 3.57.